The summed E-state index contributed by atoms with van der Waals surface area (Å²) in [6.07, 6.45) is 3.76. The number of ketones is 1. The smallest absolute Gasteiger partial charge is 0.350 e. The summed E-state index contributed by atoms with van der Waals surface area (Å²) in [6.45, 7) is 6.86. The number of hydrogen-bond acceptors (Lipinski definition) is 9. The maximum absolute atomic E-state index is 13.5. The summed E-state index contributed by atoms with van der Waals surface area (Å²) in [4.78, 5) is 45.2. The number of rotatable bonds is 12. The van der Waals surface area contributed by atoms with Gasteiger partial charge in [0.2, 0.25) is 0 Å². The zero-order chi connectivity index (χ0) is 29.5. The van der Waals surface area contributed by atoms with Crippen LogP contribution in [0.5, 0.6) is 11.5 Å². The summed E-state index contributed by atoms with van der Waals surface area (Å²) in [5, 5.41) is 11.6. The Balaban J connectivity index is 1.81. The summed E-state index contributed by atoms with van der Waals surface area (Å²) < 4.78 is 16.4. The van der Waals surface area contributed by atoms with E-state index in [2.05, 4.69) is 18.8 Å². The number of unbranched alkanes of at least 4 members (excludes halogenated alkanes) is 2. The number of thiazole rings is 1. The van der Waals surface area contributed by atoms with Crippen molar-refractivity contribution >= 4 is 39.9 Å². The number of carbonyl (C=O) groups excluding carboxylic acids is 3. The Bertz CT molecular complexity index is 1440. The molecule has 216 valence electrons. The molecule has 1 fully saturated rings. The number of nitrogens with zero attached hydrogens (tertiary/aromatic N) is 2. The third-order valence-electron chi connectivity index (χ3n) is 6.64. The van der Waals surface area contributed by atoms with Crippen LogP contribution < -0.4 is 14.4 Å². The third kappa shape index (κ3) is 6.43. The molecule has 1 N–H and O–H groups in total. The maximum Gasteiger partial charge on any atom is 0.350 e. The van der Waals surface area contributed by atoms with Gasteiger partial charge in [0.05, 0.1) is 37.6 Å². The first-order chi connectivity index (χ1) is 19.8. The number of anilines is 1. The SMILES string of the molecule is CCCCOc1ccc(C2C(=C(O)c3cccc(OCCCC)c3)C(=O)C(=O)N2c2nc(C)c(C(=O)OC)s2)cc1. The molecule has 1 aromatic heterocycles. The molecule has 0 radical (unpaired) electrons. The number of aliphatic hydroxyl groups is 1. The Morgan fingerprint density at radius 2 is 1.66 bits per heavy atom. The van der Waals surface area contributed by atoms with Crippen LogP contribution in [0.4, 0.5) is 5.13 Å². The number of hydrogen-bond donors (Lipinski definition) is 1. The van der Waals surface area contributed by atoms with E-state index in [0.29, 0.717) is 41.5 Å². The lowest BCUT2D eigenvalue weighted by Gasteiger charge is -2.23. The quantitative estimate of drug-likeness (QED) is 0.0885. The highest BCUT2D eigenvalue weighted by molar-refractivity contribution is 7.17. The van der Waals surface area contributed by atoms with Crippen LogP contribution >= 0.6 is 11.3 Å². The van der Waals surface area contributed by atoms with Crippen LogP contribution in [0.15, 0.2) is 54.1 Å². The number of esters is 1. The number of carbonyl (C=O) groups is 3. The molecule has 0 aliphatic carbocycles. The first-order valence-electron chi connectivity index (χ1n) is 13.6. The lowest BCUT2D eigenvalue weighted by atomic mass is 9.95. The molecule has 3 aromatic rings. The number of benzene rings is 2. The van der Waals surface area contributed by atoms with Crippen molar-refractivity contribution in [2.24, 2.45) is 0 Å². The predicted molar refractivity (Wildman–Crippen MR) is 157 cm³/mol. The monoisotopic (exact) mass is 578 g/mol. The van der Waals surface area contributed by atoms with Crippen LogP contribution in [-0.2, 0) is 14.3 Å². The van der Waals surface area contributed by atoms with Gasteiger partial charge in [0.1, 0.15) is 22.1 Å². The molecule has 1 saturated heterocycles. The fraction of sp³-hybridized carbons (Fsp3) is 0.355. The number of Topliss-reactive ketones (excluding diaryl/α,β-unsaturated/α-hetero) is 1. The zero-order valence-corrected chi connectivity index (χ0v) is 24.5. The first kappa shape index (κ1) is 29.8. The van der Waals surface area contributed by atoms with E-state index in [-0.39, 0.29) is 21.3 Å². The van der Waals surface area contributed by atoms with Crippen molar-refractivity contribution in [2.45, 2.75) is 52.5 Å². The van der Waals surface area contributed by atoms with Gasteiger partial charge in [-0.05, 0) is 49.6 Å². The van der Waals surface area contributed by atoms with Gasteiger partial charge in [-0.25, -0.2) is 9.78 Å². The Kier molecular flexibility index (Phi) is 9.78. The van der Waals surface area contributed by atoms with Gasteiger partial charge in [0.15, 0.2) is 5.13 Å². The van der Waals surface area contributed by atoms with Crippen molar-refractivity contribution in [3.8, 4) is 11.5 Å². The molecule has 1 aliphatic heterocycles. The molecule has 9 nitrogen and oxygen atoms in total. The number of aromatic nitrogens is 1. The third-order valence-corrected chi connectivity index (χ3v) is 7.78. The number of aryl methyl sites for hydroxylation is 1. The maximum atomic E-state index is 13.5. The Hall–Kier alpha value is -4.18. The Morgan fingerprint density at radius 1 is 1.00 bits per heavy atom. The summed E-state index contributed by atoms with van der Waals surface area (Å²) in [7, 11) is 1.26. The second-order valence-corrected chi connectivity index (χ2v) is 10.6. The highest BCUT2D eigenvalue weighted by Crippen LogP contribution is 2.44. The number of methoxy groups -OCH3 is 1. The van der Waals surface area contributed by atoms with E-state index in [9.17, 15) is 19.5 Å². The fourth-order valence-corrected chi connectivity index (χ4v) is 5.43. The van der Waals surface area contributed by atoms with Crippen LogP contribution in [0.2, 0.25) is 0 Å². The minimum absolute atomic E-state index is 0.0900. The predicted octanol–water partition coefficient (Wildman–Crippen LogP) is 6.22. The Labute approximate surface area is 243 Å². The normalized spacial score (nSPS) is 16.2. The van der Waals surface area contributed by atoms with Gasteiger partial charge in [0, 0.05) is 5.56 Å². The van der Waals surface area contributed by atoms with Crippen LogP contribution in [0.3, 0.4) is 0 Å². The first-order valence-corrected chi connectivity index (χ1v) is 14.4. The highest BCUT2D eigenvalue weighted by Gasteiger charge is 2.48. The van der Waals surface area contributed by atoms with Gasteiger partial charge in [0.25, 0.3) is 5.78 Å². The van der Waals surface area contributed by atoms with Crippen molar-refractivity contribution in [3.63, 3.8) is 0 Å². The van der Waals surface area contributed by atoms with Crippen molar-refractivity contribution < 1.29 is 33.7 Å². The molecule has 0 saturated carbocycles. The van der Waals surface area contributed by atoms with Gasteiger partial charge in [-0.1, -0.05) is 62.3 Å². The minimum atomic E-state index is -1.000. The average molecular weight is 579 g/mol. The largest absolute Gasteiger partial charge is 0.507 e. The average Bonchev–Trinajstić information content (AvgIpc) is 3.49. The second-order valence-electron chi connectivity index (χ2n) is 9.57. The van der Waals surface area contributed by atoms with Crippen LogP contribution in [0, 0.1) is 6.92 Å². The van der Waals surface area contributed by atoms with E-state index in [4.69, 9.17) is 14.2 Å². The van der Waals surface area contributed by atoms with E-state index in [0.717, 1.165) is 37.0 Å². The van der Waals surface area contributed by atoms with Crippen molar-refractivity contribution in [2.75, 3.05) is 25.2 Å². The molecule has 0 bridgehead atoms. The topological polar surface area (TPSA) is 115 Å². The lowest BCUT2D eigenvalue weighted by molar-refractivity contribution is -0.132. The molecule has 1 unspecified atom stereocenters. The van der Waals surface area contributed by atoms with Crippen LogP contribution in [0.1, 0.15) is 72.1 Å². The molecular weight excluding hydrogens is 544 g/mol. The molecule has 10 heteroatoms. The zero-order valence-electron chi connectivity index (χ0n) is 23.6. The number of aliphatic hydroxyl groups excluding tert-OH is 1. The molecule has 1 atom stereocenters. The Morgan fingerprint density at radius 3 is 2.29 bits per heavy atom. The molecule has 41 heavy (non-hydrogen) atoms. The molecule has 2 aromatic carbocycles. The summed E-state index contributed by atoms with van der Waals surface area (Å²) >= 11 is 0.952. The number of amides is 1. The van der Waals surface area contributed by atoms with E-state index in [1.165, 1.54) is 12.0 Å². The van der Waals surface area contributed by atoms with Crippen molar-refractivity contribution in [1.82, 2.24) is 4.98 Å². The lowest BCUT2D eigenvalue weighted by Crippen LogP contribution is -2.29. The molecule has 4 rings (SSSR count). The highest BCUT2D eigenvalue weighted by atomic mass is 32.1. The van der Waals surface area contributed by atoms with E-state index in [1.54, 1.807) is 55.5 Å². The van der Waals surface area contributed by atoms with Gasteiger partial charge < -0.3 is 19.3 Å². The van der Waals surface area contributed by atoms with Gasteiger partial charge >= 0.3 is 11.9 Å². The minimum Gasteiger partial charge on any atom is -0.507 e. The molecule has 2 heterocycles. The van der Waals surface area contributed by atoms with Crippen LogP contribution in [-0.4, -0.2) is 48.1 Å². The second kappa shape index (κ2) is 13.5. The van der Waals surface area contributed by atoms with Crippen molar-refractivity contribution in [3.05, 3.63) is 75.8 Å². The molecule has 0 spiro atoms. The van der Waals surface area contributed by atoms with Gasteiger partial charge in [-0.3, -0.25) is 14.5 Å². The summed E-state index contributed by atoms with van der Waals surface area (Å²) in [6, 6.07) is 12.8. The standard InChI is InChI=1S/C31H34N2O7S/c1-5-7-16-39-22-14-12-20(13-15-22)25-24(26(34)21-10-9-11-23(18-21)40-17-8-6-2)27(35)29(36)33(25)31-32-19(3)28(41-31)30(37)38-4/h9-15,18,25,34H,5-8,16-17H2,1-4H3. The van der Waals surface area contributed by atoms with E-state index < -0.39 is 23.7 Å². The van der Waals surface area contributed by atoms with Gasteiger partial charge in [-0.2, -0.15) is 0 Å². The van der Waals surface area contributed by atoms with Crippen molar-refractivity contribution in [1.29, 1.82) is 0 Å². The number of ether oxygens (including phenoxy) is 3. The summed E-state index contributed by atoms with van der Waals surface area (Å²) in [5.41, 5.74) is 1.19. The van der Waals surface area contributed by atoms with Crippen LogP contribution in [0.25, 0.3) is 5.76 Å². The summed E-state index contributed by atoms with van der Waals surface area (Å²) in [5.74, 6) is -1.45. The molecular formula is C31H34N2O7S. The molecule has 1 aliphatic rings. The van der Waals surface area contributed by atoms with E-state index >= 15 is 0 Å². The molecule has 1 amide bonds. The fourth-order valence-electron chi connectivity index (χ4n) is 4.42. The van der Waals surface area contributed by atoms with E-state index in [1.807, 2.05) is 0 Å². The van der Waals surface area contributed by atoms with Gasteiger partial charge in [-0.15, -0.1) is 0 Å².